The lowest BCUT2D eigenvalue weighted by molar-refractivity contribution is -0.932. The highest BCUT2D eigenvalue weighted by Gasteiger charge is 2.40. The first-order valence-electron chi connectivity index (χ1n) is 18.5. The molecule has 26 heteroatoms. The third-order valence-corrected chi connectivity index (χ3v) is 12.7. The molecule has 4 aliphatic rings. The van der Waals surface area contributed by atoms with Gasteiger partial charge in [-0.05, 0) is 12.5 Å². The number of hydrogen-bond acceptors (Lipinski definition) is 16. The molecule has 0 aliphatic carbocycles. The van der Waals surface area contributed by atoms with Crippen molar-refractivity contribution in [3.63, 3.8) is 0 Å². The molecule has 0 bridgehead atoms. The van der Waals surface area contributed by atoms with Gasteiger partial charge in [-0.2, -0.15) is 26.3 Å². The molecule has 0 atom stereocenters. The molecule has 2 aromatic rings. The van der Waals surface area contributed by atoms with Gasteiger partial charge in [0.1, 0.15) is 33.9 Å². The van der Waals surface area contributed by atoms with Crippen molar-refractivity contribution in [2.75, 3.05) is 140 Å². The zero-order valence-corrected chi connectivity index (χ0v) is 35.8. The maximum atomic E-state index is 11.8. The molecule has 4 saturated heterocycles. The van der Waals surface area contributed by atoms with Crippen LogP contribution in [0.2, 0.25) is 10.3 Å². The van der Waals surface area contributed by atoms with Crippen LogP contribution in [0.15, 0.2) is 10.3 Å². The Hall–Kier alpha value is -3.26. The second-order valence-electron chi connectivity index (χ2n) is 14.4. The summed E-state index contributed by atoms with van der Waals surface area (Å²) in [4.78, 5) is 68.5. The number of aldehydes is 2. The quantitative estimate of drug-likeness (QED) is 0.0863. The minimum Gasteiger partial charge on any atom is -0.542 e. The fourth-order valence-electron chi connectivity index (χ4n) is 7.38. The Morgan fingerprint density at radius 1 is 0.600 bits per heavy atom. The van der Waals surface area contributed by atoms with E-state index in [1.54, 1.807) is 0 Å². The maximum absolute atomic E-state index is 11.8. The molecule has 0 amide bonds. The average Bonchev–Trinajstić information content (AvgIpc) is 3.21. The van der Waals surface area contributed by atoms with Crippen LogP contribution in [0.5, 0.6) is 0 Å². The van der Waals surface area contributed by atoms with Gasteiger partial charge in [0.25, 0.3) is 0 Å². The molecule has 6 heterocycles. The maximum Gasteiger partial charge on any atom is 0.430 e. The Morgan fingerprint density at radius 3 is 1.10 bits per heavy atom. The number of carbonyl (C=O) groups excluding carboxylic acids is 4. The number of quaternary nitrogens is 2. The van der Waals surface area contributed by atoms with Crippen molar-refractivity contribution in [2.24, 2.45) is 0 Å². The summed E-state index contributed by atoms with van der Waals surface area (Å²) >= 11 is 15.5. The number of thioether (sulfide) groups is 2. The predicted octanol–water partition coefficient (Wildman–Crippen LogP) is 0.844. The van der Waals surface area contributed by atoms with Gasteiger partial charge in [0.05, 0.1) is 89.7 Å². The van der Waals surface area contributed by atoms with Crippen molar-refractivity contribution in [1.82, 2.24) is 29.7 Å². The number of alkyl halides is 6. The van der Waals surface area contributed by atoms with Crippen LogP contribution >= 0.6 is 46.7 Å². The van der Waals surface area contributed by atoms with Gasteiger partial charge in [0.2, 0.25) is 0 Å². The van der Waals surface area contributed by atoms with Crippen LogP contribution < -0.4 is 20.0 Å². The first-order valence-corrected chi connectivity index (χ1v) is 21.7. The lowest BCUT2D eigenvalue weighted by atomic mass is 10.1. The number of rotatable bonds is 9. The first kappa shape index (κ1) is 49.4. The number of nitrogens with zero attached hydrogens (tertiary/aromatic N) is 10. The lowest BCUT2D eigenvalue weighted by Crippen LogP contribution is -2.67. The highest BCUT2D eigenvalue weighted by Crippen LogP contribution is 2.30. The van der Waals surface area contributed by atoms with Gasteiger partial charge in [-0.1, -0.05) is 46.7 Å². The molecule has 334 valence electrons. The number of carboxylic acid groups (broad SMARTS) is 2. The van der Waals surface area contributed by atoms with Gasteiger partial charge in [0.15, 0.2) is 22.9 Å². The van der Waals surface area contributed by atoms with E-state index in [4.69, 9.17) is 43.0 Å². The fourth-order valence-corrected chi connectivity index (χ4v) is 8.62. The summed E-state index contributed by atoms with van der Waals surface area (Å²) in [5.74, 6) is -4.66. The second-order valence-corrected chi connectivity index (χ2v) is 16.7. The van der Waals surface area contributed by atoms with Gasteiger partial charge in [-0.3, -0.25) is 19.4 Å². The smallest absolute Gasteiger partial charge is 0.430 e. The minimum atomic E-state index is -5.19. The SMILES string of the molecule is CSc1nc(Cl)c(C=O)c(N2CC[N+]3(CCN(CCN4CC[N+]5(CC4)CCN(c4nc(SC)nc(Cl)c4C=O)CC5)CC3)CC2)n1.O=C([O-])C(F)(F)F.O=C([O-])C(F)(F)F. The molecule has 6 rings (SSSR count). The van der Waals surface area contributed by atoms with E-state index in [0.717, 1.165) is 113 Å². The van der Waals surface area contributed by atoms with Crippen molar-refractivity contribution in [3.8, 4) is 0 Å². The van der Waals surface area contributed by atoms with Crippen LogP contribution in [0.25, 0.3) is 0 Å². The van der Waals surface area contributed by atoms with Crippen LogP contribution in [-0.4, -0.2) is 206 Å². The second kappa shape index (κ2) is 21.2. The molecule has 0 saturated carbocycles. The van der Waals surface area contributed by atoms with E-state index in [-0.39, 0.29) is 10.3 Å². The number of hydrogen-bond donors (Lipinski definition) is 0. The number of piperazine rings is 4. The standard InChI is InChI=1S/C30H44Cl2N10O2S2.2C2HF3O2/c1-45-29-33-25(31)23(21-43)27(35-29)39-9-17-41(18-10-39)13-5-37(6-14-41)3-4-38-7-15-42(16-8-38)19-11-40(12-20-42)28-24(22-44)26(32)34-30(36-28)46-2;2*3-2(4,5)1(6)7/h21-22H,3-20H2,1-2H3;2*(H,6,7)/q+2;;/p-2. The van der Waals surface area contributed by atoms with Crippen molar-refractivity contribution >= 4 is 82.9 Å². The van der Waals surface area contributed by atoms with Crippen molar-refractivity contribution < 1.29 is 64.7 Å². The van der Waals surface area contributed by atoms with Gasteiger partial charge in [-0.15, -0.1) is 0 Å². The van der Waals surface area contributed by atoms with Gasteiger partial charge in [-0.25, -0.2) is 19.9 Å². The summed E-state index contributed by atoms with van der Waals surface area (Å²) in [5.41, 5.74) is 0.799. The molecule has 4 aliphatic heterocycles. The highest BCUT2D eigenvalue weighted by atomic mass is 35.5. The molecule has 0 radical (unpaired) electrons. The van der Waals surface area contributed by atoms with E-state index in [1.165, 1.54) is 49.7 Å². The number of aromatic nitrogens is 4. The van der Waals surface area contributed by atoms with Crippen molar-refractivity contribution in [1.29, 1.82) is 0 Å². The Morgan fingerprint density at radius 2 is 0.867 bits per heavy atom. The Labute approximate surface area is 360 Å². The van der Waals surface area contributed by atoms with Gasteiger partial charge >= 0.3 is 12.4 Å². The Bertz CT molecular complexity index is 1690. The summed E-state index contributed by atoms with van der Waals surface area (Å²) in [5, 5.41) is 19.3. The van der Waals surface area contributed by atoms with Crippen molar-refractivity contribution in [3.05, 3.63) is 21.4 Å². The van der Waals surface area contributed by atoms with Crippen LogP contribution in [0.1, 0.15) is 20.7 Å². The molecule has 0 aromatic carbocycles. The molecule has 4 fully saturated rings. The molecule has 0 N–H and O–H groups in total. The van der Waals surface area contributed by atoms with Crippen LogP contribution in [0.3, 0.4) is 0 Å². The lowest BCUT2D eigenvalue weighted by Gasteiger charge is -2.50. The van der Waals surface area contributed by atoms with E-state index >= 15 is 0 Å². The third kappa shape index (κ3) is 13.1. The highest BCUT2D eigenvalue weighted by molar-refractivity contribution is 7.98. The number of carboxylic acids is 2. The van der Waals surface area contributed by atoms with E-state index < -0.39 is 24.3 Å². The molecule has 2 aromatic heterocycles. The zero-order valence-electron chi connectivity index (χ0n) is 32.6. The van der Waals surface area contributed by atoms with E-state index in [9.17, 15) is 35.9 Å². The predicted molar refractivity (Wildman–Crippen MR) is 207 cm³/mol. The monoisotopic (exact) mass is 936 g/mol. The van der Waals surface area contributed by atoms with E-state index in [1.807, 2.05) is 12.5 Å². The van der Waals surface area contributed by atoms with Crippen LogP contribution in [-0.2, 0) is 9.59 Å². The molecule has 60 heavy (non-hydrogen) atoms. The molecule has 16 nitrogen and oxygen atoms in total. The Balaban J connectivity index is 0.000000488. The summed E-state index contributed by atoms with van der Waals surface area (Å²) in [6, 6.07) is 0. The van der Waals surface area contributed by atoms with Crippen LogP contribution in [0, 0.1) is 0 Å². The van der Waals surface area contributed by atoms with E-state index in [0.29, 0.717) is 33.1 Å². The van der Waals surface area contributed by atoms with Gasteiger partial charge < -0.3 is 38.6 Å². The topological polar surface area (TPSA) is 179 Å². The first-order chi connectivity index (χ1) is 28.2. The minimum absolute atomic E-state index is 0.240. The summed E-state index contributed by atoms with van der Waals surface area (Å²) < 4.78 is 65.4. The number of halogens is 8. The number of anilines is 2. The summed E-state index contributed by atoms with van der Waals surface area (Å²) in [7, 11) is 0. The molecular weight excluding hydrogens is 893 g/mol. The fraction of sp³-hybridized carbons (Fsp3) is 0.647. The largest absolute Gasteiger partial charge is 0.542 e. The van der Waals surface area contributed by atoms with E-state index in [2.05, 4.69) is 39.5 Å². The third-order valence-electron chi connectivity index (χ3n) is 11.1. The van der Waals surface area contributed by atoms with Crippen LogP contribution in [0.4, 0.5) is 38.0 Å². The number of carbonyl (C=O) groups is 4. The molecule has 2 spiro atoms. The summed E-state index contributed by atoms with van der Waals surface area (Å²) in [6.45, 7) is 19.2. The van der Waals surface area contributed by atoms with Crippen molar-refractivity contribution in [2.45, 2.75) is 22.7 Å². The zero-order chi connectivity index (χ0) is 44.5. The normalized spacial score (nSPS) is 19.5. The molecule has 0 unspecified atom stereocenters. The molecular formula is C34H44Cl2F6N10O6S2. The summed E-state index contributed by atoms with van der Waals surface area (Å²) in [6.07, 6.45) is -4.98. The average molecular weight is 938 g/mol. The Kier molecular flexibility index (Phi) is 17.5. The number of aliphatic carboxylic acids is 2. The van der Waals surface area contributed by atoms with Gasteiger partial charge in [0, 0.05) is 39.3 Å².